The second-order valence-corrected chi connectivity index (χ2v) is 3.16. The molecule has 0 aliphatic rings. The largest absolute Gasteiger partial charge is 0.435 e. The van der Waals surface area contributed by atoms with E-state index in [1.807, 2.05) is 0 Å². The summed E-state index contributed by atoms with van der Waals surface area (Å²) in [7, 11) is 0. The number of halogens is 2. The SMILES string of the molecule is O=c1ccncn1-c1ccc(OC(F)F)cc1. The van der Waals surface area contributed by atoms with Gasteiger partial charge in [0.1, 0.15) is 12.1 Å². The molecule has 0 aliphatic heterocycles. The summed E-state index contributed by atoms with van der Waals surface area (Å²) in [5, 5.41) is 0. The number of alkyl halides is 2. The fourth-order valence-electron chi connectivity index (χ4n) is 1.33. The Morgan fingerprint density at radius 3 is 2.47 bits per heavy atom. The molecule has 0 spiro atoms. The van der Waals surface area contributed by atoms with E-state index in [-0.39, 0.29) is 11.3 Å². The fourth-order valence-corrected chi connectivity index (χ4v) is 1.33. The summed E-state index contributed by atoms with van der Waals surface area (Å²) in [6.07, 6.45) is 2.73. The first-order valence-corrected chi connectivity index (χ1v) is 4.75. The van der Waals surface area contributed by atoms with Gasteiger partial charge in [0.15, 0.2) is 0 Å². The lowest BCUT2D eigenvalue weighted by Gasteiger charge is -2.06. The third kappa shape index (κ3) is 2.66. The van der Waals surface area contributed by atoms with Crippen LogP contribution in [0.5, 0.6) is 5.75 Å². The molecule has 0 amide bonds. The number of rotatable bonds is 3. The van der Waals surface area contributed by atoms with E-state index in [1.165, 1.54) is 47.4 Å². The summed E-state index contributed by atoms with van der Waals surface area (Å²) in [4.78, 5) is 15.3. The first-order chi connectivity index (χ1) is 8.16. The van der Waals surface area contributed by atoms with E-state index in [9.17, 15) is 13.6 Å². The van der Waals surface area contributed by atoms with Gasteiger partial charge in [0, 0.05) is 12.3 Å². The van der Waals surface area contributed by atoms with Gasteiger partial charge in [0.05, 0.1) is 5.69 Å². The van der Waals surface area contributed by atoms with Gasteiger partial charge >= 0.3 is 6.61 Å². The van der Waals surface area contributed by atoms with Crippen LogP contribution in [-0.2, 0) is 0 Å². The van der Waals surface area contributed by atoms with Crippen molar-refractivity contribution < 1.29 is 13.5 Å². The number of benzene rings is 1. The molecule has 2 rings (SSSR count). The molecule has 0 bridgehead atoms. The second-order valence-electron chi connectivity index (χ2n) is 3.16. The lowest BCUT2D eigenvalue weighted by Crippen LogP contribution is -2.16. The molecule has 1 aromatic carbocycles. The average Bonchev–Trinajstić information content (AvgIpc) is 2.30. The van der Waals surface area contributed by atoms with Gasteiger partial charge in [0.2, 0.25) is 0 Å². The number of nitrogens with zero attached hydrogens (tertiary/aromatic N) is 2. The molecular formula is C11H8F2N2O2. The molecule has 0 radical (unpaired) electrons. The Morgan fingerprint density at radius 2 is 1.88 bits per heavy atom. The van der Waals surface area contributed by atoms with Gasteiger partial charge in [-0.15, -0.1) is 0 Å². The van der Waals surface area contributed by atoms with Crippen molar-refractivity contribution in [1.82, 2.24) is 9.55 Å². The fraction of sp³-hybridized carbons (Fsp3) is 0.0909. The van der Waals surface area contributed by atoms with Gasteiger partial charge in [-0.1, -0.05) is 0 Å². The molecule has 0 saturated heterocycles. The maximum Gasteiger partial charge on any atom is 0.387 e. The number of hydrogen-bond acceptors (Lipinski definition) is 3. The molecule has 0 atom stereocenters. The number of aromatic nitrogens is 2. The summed E-state index contributed by atoms with van der Waals surface area (Å²) in [6, 6.07) is 7.03. The summed E-state index contributed by atoms with van der Waals surface area (Å²) in [5.41, 5.74) is 0.284. The molecule has 0 N–H and O–H groups in total. The van der Waals surface area contributed by atoms with Gasteiger partial charge in [-0.3, -0.25) is 9.36 Å². The van der Waals surface area contributed by atoms with Crippen LogP contribution < -0.4 is 10.3 Å². The van der Waals surface area contributed by atoms with E-state index in [2.05, 4.69) is 9.72 Å². The molecule has 0 aliphatic carbocycles. The maximum atomic E-state index is 11.9. The highest BCUT2D eigenvalue weighted by atomic mass is 19.3. The smallest absolute Gasteiger partial charge is 0.387 e. The predicted octanol–water partition coefficient (Wildman–Crippen LogP) is 1.83. The Hall–Kier alpha value is -2.24. The van der Waals surface area contributed by atoms with E-state index in [1.54, 1.807) is 0 Å². The van der Waals surface area contributed by atoms with Crippen molar-refractivity contribution in [3.63, 3.8) is 0 Å². The Balaban J connectivity index is 2.30. The summed E-state index contributed by atoms with van der Waals surface area (Å²) >= 11 is 0. The van der Waals surface area contributed by atoms with Crippen LogP contribution in [0.3, 0.4) is 0 Å². The van der Waals surface area contributed by atoms with Crippen molar-refractivity contribution in [2.75, 3.05) is 0 Å². The molecule has 6 heteroatoms. The Morgan fingerprint density at radius 1 is 1.18 bits per heavy atom. The molecule has 0 saturated carbocycles. The quantitative estimate of drug-likeness (QED) is 0.819. The van der Waals surface area contributed by atoms with Crippen LogP contribution in [0.1, 0.15) is 0 Å². The summed E-state index contributed by atoms with van der Waals surface area (Å²) in [6.45, 7) is -2.86. The summed E-state index contributed by atoms with van der Waals surface area (Å²) < 4.78 is 29.3. The van der Waals surface area contributed by atoms with Crippen molar-refractivity contribution in [2.45, 2.75) is 6.61 Å². The topological polar surface area (TPSA) is 44.1 Å². The highest BCUT2D eigenvalue weighted by Gasteiger charge is 2.04. The molecule has 4 nitrogen and oxygen atoms in total. The van der Waals surface area contributed by atoms with Gasteiger partial charge in [-0.2, -0.15) is 8.78 Å². The minimum atomic E-state index is -2.86. The molecule has 88 valence electrons. The highest BCUT2D eigenvalue weighted by Crippen LogP contribution is 2.16. The molecule has 0 fully saturated rings. The highest BCUT2D eigenvalue weighted by molar-refractivity contribution is 5.37. The number of ether oxygens (including phenoxy) is 1. The molecular weight excluding hydrogens is 230 g/mol. The molecule has 1 heterocycles. The standard InChI is InChI=1S/C11H8F2N2O2/c12-11(13)17-9-3-1-8(2-4-9)15-7-14-6-5-10(15)16/h1-7,11H. The van der Waals surface area contributed by atoms with Crippen molar-refractivity contribution in [3.8, 4) is 11.4 Å². The first kappa shape index (κ1) is 11.3. The van der Waals surface area contributed by atoms with Gasteiger partial charge in [-0.25, -0.2) is 4.98 Å². The minimum absolute atomic E-state index is 0.0423. The van der Waals surface area contributed by atoms with Gasteiger partial charge in [-0.05, 0) is 24.3 Å². The van der Waals surface area contributed by atoms with E-state index >= 15 is 0 Å². The van der Waals surface area contributed by atoms with E-state index in [0.717, 1.165) is 0 Å². The van der Waals surface area contributed by atoms with Crippen LogP contribution in [0.2, 0.25) is 0 Å². The number of hydrogen-bond donors (Lipinski definition) is 0. The Bertz CT molecular complexity index is 552. The van der Waals surface area contributed by atoms with E-state index < -0.39 is 6.61 Å². The summed E-state index contributed by atoms with van der Waals surface area (Å²) in [5.74, 6) is 0.0423. The second kappa shape index (κ2) is 4.73. The van der Waals surface area contributed by atoms with E-state index in [4.69, 9.17) is 0 Å². The molecule has 1 aromatic heterocycles. The monoisotopic (exact) mass is 238 g/mol. The zero-order valence-corrected chi connectivity index (χ0v) is 8.59. The van der Waals surface area contributed by atoms with E-state index in [0.29, 0.717) is 5.69 Å². The van der Waals surface area contributed by atoms with Crippen LogP contribution >= 0.6 is 0 Å². The van der Waals surface area contributed by atoms with Crippen LogP contribution in [0, 0.1) is 0 Å². The predicted molar refractivity (Wildman–Crippen MR) is 56.5 cm³/mol. The lowest BCUT2D eigenvalue weighted by atomic mass is 10.3. The molecule has 17 heavy (non-hydrogen) atoms. The van der Waals surface area contributed by atoms with Gasteiger partial charge < -0.3 is 4.74 Å². The lowest BCUT2D eigenvalue weighted by molar-refractivity contribution is -0.0498. The van der Waals surface area contributed by atoms with Crippen LogP contribution in [0.4, 0.5) is 8.78 Å². The van der Waals surface area contributed by atoms with Crippen molar-refractivity contribution in [1.29, 1.82) is 0 Å². The maximum absolute atomic E-state index is 11.9. The molecule has 0 unspecified atom stereocenters. The Labute approximate surface area is 95.1 Å². The normalized spacial score (nSPS) is 10.5. The zero-order chi connectivity index (χ0) is 12.3. The van der Waals surface area contributed by atoms with Crippen molar-refractivity contribution >= 4 is 0 Å². The average molecular weight is 238 g/mol. The van der Waals surface area contributed by atoms with Crippen LogP contribution in [0.25, 0.3) is 5.69 Å². The van der Waals surface area contributed by atoms with Crippen LogP contribution in [0.15, 0.2) is 47.7 Å². The van der Waals surface area contributed by atoms with Gasteiger partial charge in [0.25, 0.3) is 5.56 Å². The van der Waals surface area contributed by atoms with Crippen LogP contribution in [-0.4, -0.2) is 16.2 Å². The zero-order valence-electron chi connectivity index (χ0n) is 8.59. The van der Waals surface area contributed by atoms with Crippen molar-refractivity contribution in [3.05, 3.63) is 53.2 Å². The van der Waals surface area contributed by atoms with Crippen molar-refractivity contribution in [2.24, 2.45) is 0 Å². The Kier molecular flexibility index (Phi) is 3.13. The first-order valence-electron chi connectivity index (χ1n) is 4.75. The third-order valence-corrected chi connectivity index (χ3v) is 2.06. The minimum Gasteiger partial charge on any atom is -0.435 e. The third-order valence-electron chi connectivity index (χ3n) is 2.06. The molecule has 2 aromatic rings.